The highest BCUT2D eigenvalue weighted by Gasteiger charge is 2.23. The maximum atomic E-state index is 6.39. The summed E-state index contributed by atoms with van der Waals surface area (Å²) >= 11 is 1.85. The molecule has 0 unspecified atom stereocenters. The lowest BCUT2D eigenvalue weighted by molar-refractivity contribution is 0.669. The van der Waals surface area contributed by atoms with E-state index in [4.69, 9.17) is 4.42 Å². The summed E-state index contributed by atoms with van der Waals surface area (Å²) in [7, 11) is 0. The molecule has 0 fully saturated rings. The molecule has 0 spiro atoms. The molecule has 0 saturated carbocycles. The lowest BCUT2D eigenvalue weighted by Gasteiger charge is -2.29. The maximum Gasteiger partial charge on any atom is 0.136 e. The Morgan fingerprint density at radius 1 is 0.444 bits per heavy atom. The topological polar surface area (TPSA) is 16.4 Å². The third-order valence-corrected chi connectivity index (χ3v) is 9.81. The van der Waals surface area contributed by atoms with Gasteiger partial charge in [-0.05, 0) is 65.2 Å². The van der Waals surface area contributed by atoms with Gasteiger partial charge in [-0.25, -0.2) is 0 Å². The summed E-state index contributed by atoms with van der Waals surface area (Å²) < 4.78 is 8.98. The molecule has 2 heterocycles. The van der Waals surface area contributed by atoms with Gasteiger partial charge >= 0.3 is 0 Å². The predicted octanol–water partition coefficient (Wildman–Crippen LogP) is 12.8. The van der Waals surface area contributed by atoms with Crippen LogP contribution in [0.25, 0.3) is 64.4 Å². The first-order valence-corrected chi connectivity index (χ1v) is 16.0. The standard InChI is InChI=1S/C42H27NOS/c1-3-13-28(14-4-1)31-19-11-21-36(41(31)35-20-12-23-38-42(35)34-18-7-9-22-37(34)44-38)43(29-15-5-2-6-16-29)30-25-26-33-32-17-8-10-24-39(32)45-40(33)27-30/h1-27H. The SMILES string of the molecule is c1ccc(-c2cccc(N(c3ccccc3)c3ccc4c(c3)sc3ccccc34)c2-c2cccc3oc4ccccc4c23)cc1. The third-order valence-electron chi connectivity index (χ3n) is 8.67. The number of nitrogens with zero attached hydrogens (tertiary/aromatic N) is 1. The van der Waals surface area contributed by atoms with Crippen LogP contribution >= 0.6 is 11.3 Å². The van der Waals surface area contributed by atoms with E-state index in [0.29, 0.717) is 0 Å². The van der Waals surface area contributed by atoms with Crippen LogP contribution in [0.15, 0.2) is 168 Å². The lowest BCUT2D eigenvalue weighted by Crippen LogP contribution is -2.11. The molecule has 212 valence electrons. The molecule has 0 N–H and O–H groups in total. The summed E-state index contributed by atoms with van der Waals surface area (Å²) in [4.78, 5) is 2.41. The molecule has 0 aliphatic carbocycles. The lowest BCUT2D eigenvalue weighted by atomic mass is 9.89. The monoisotopic (exact) mass is 593 g/mol. The Morgan fingerprint density at radius 2 is 1.11 bits per heavy atom. The molecule has 9 rings (SSSR count). The van der Waals surface area contributed by atoms with Crippen LogP contribution in [0, 0.1) is 0 Å². The molecular weight excluding hydrogens is 567 g/mol. The molecule has 7 aromatic carbocycles. The van der Waals surface area contributed by atoms with Crippen LogP contribution in [0.3, 0.4) is 0 Å². The highest BCUT2D eigenvalue weighted by atomic mass is 32.1. The van der Waals surface area contributed by atoms with Gasteiger partial charge in [0.2, 0.25) is 0 Å². The Labute approximate surface area is 265 Å². The molecule has 0 aliphatic rings. The van der Waals surface area contributed by atoms with Crippen LogP contribution in [0.5, 0.6) is 0 Å². The Hall–Kier alpha value is -5.64. The first-order valence-electron chi connectivity index (χ1n) is 15.2. The largest absolute Gasteiger partial charge is 0.456 e. The van der Waals surface area contributed by atoms with Crippen molar-refractivity contribution in [3.63, 3.8) is 0 Å². The predicted molar refractivity (Wildman–Crippen MR) is 192 cm³/mol. The molecule has 9 aromatic rings. The van der Waals surface area contributed by atoms with Gasteiger partial charge in [0.25, 0.3) is 0 Å². The van der Waals surface area contributed by atoms with Gasteiger partial charge in [-0.1, -0.05) is 115 Å². The molecule has 45 heavy (non-hydrogen) atoms. The first-order chi connectivity index (χ1) is 22.3. The van der Waals surface area contributed by atoms with Crippen molar-refractivity contribution in [2.45, 2.75) is 0 Å². The summed E-state index contributed by atoms with van der Waals surface area (Å²) in [5.41, 5.74) is 9.79. The number of hydrogen-bond acceptors (Lipinski definition) is 3. The minimum atomic E-state index is 0.889. The molecule has 0 atom stereocenters. The van der Waals surface area contributed by atoms with Crippen LogP contribution in [0.1, 0.15) is 0 Å². The number of thiophene rings is 1. The van der Waals surface area contributed by atoms with Crippen LogP contribution in [0.4, 0.5) is 17.1 Å². The van der Waals surface area contributed by atoms with E-state index in [1.165, 1.54) is 36.9 Å². The second-order valence-corrected chi connectivity index (χ2v) is 12.4. The van der Waals surface area contributed by atoms with Crippen molar-refractivity contribution in [3.8, 4) is 22.3 Å². The summed E-state index contributed by atoms with van der Waals surface area (Å²) in [6.07, 6.45) is 0. The molecule has 0 amide bonds. The number of hydrogen-bond donors (Lipinski definition) is 0. The summed E-state index contributed by atoms with van der Waals surface area (Å²) in [5, 5.41) is 4.85. The van der Waals surface area contributed by atoms with Crippen LogP contribution < -0.4 is 4.90 Å². The molecule has 2 nitrogen and oxygen atoms in total. The first kappa shape index (κ1) is 25.8. The Morgan fingerprint density at radius 3 is 1.98 bits per heavy atom. The minimum Gasteiger partial charge on any atom is -0.456 e. The molecule has 0 bridgehead atoms. The van der Waals surface area contributed by atoms with Crippen LogP contribution in [-0.4, -0.2) is 0 Å². The van der Waals surface area contributed by atoms with Crippen molar-refractivity contribution >= 4 is 70.5 Å². The van der Waals surface area contributed by atoms with E-state index in [2.05, 4.69) is 163 Å². The van der Waals surface area contributed by atoms with Gasteiger partial charge < -0.3 is 9.32 Å². The molecule has 0 aliphatic heterocycles. The van der Waals surface area contributed by atoms with E-state index < -0.39 is 0 Å². The van der Waals surface area contributed by atoms with Gasteiger partial charge in [-0.2, -0.15) is 0 Å². The zero-order valence-corrected chi connectivity index (χ0v) is 25.2. The van der Waals surface area contributed by atoms with Gasteiger partial charge in [-0.3, -0.25) is 0 Å². The number of rotatable bonds is 5. The van der Waals surface area contributed by atoms with Gasteiger partial charge in [-0.15, -0.1) is 11.3 Å². The zero-order chi connectivity index (χ0) is 29.7. The van der Waals surface area contributed by atoms with Crippen LogP contribution in [-0.2, 0) is 0 Å². The van der Waals surface area contributed by atoms with Crippen molar-refractivity contribution in [1.29, 1.82) is 0 Å². The highest BCUT2D eigenvalue weighted by molar-refractivity contribution is 7.25. The van der Waals surface area contributed by atoms with E-state index in [9.17, 15) is 0 Å². The molecule has 0 radical (unpaired) electrons. The molecule has 2 aromatic heterocycles. The number of para-hydroxylation sites is 2. The fourth-order valence-electron chi connectivity index (χ4n) is 6.71. The van der Waals surface area contributed by atoms with Crippen molar-refractivity contribution in [1.82, 2.24) is 0 Å². The van der Waals surface area contributed by atoms with E-state index in [1.807, 2.05) is 17.4 Å². The molecule has 3 heteroatoms. The minimum absolute atomic E-state index is 0.889. The fraction of sp³-hybridized carbons (Fsp3) is 0. The van der Waals surface area contributed by atoms with E-state index in [0.717, 1.165) is 44.6 Å². The smallest absolute Gasteiger partial charge is 0.136 e. The Bertz CT molecular complexity index is 2490. The zero-order valence-electron chi connectivity index (χ0n) is 24.4. The third kappa shape index (κ3) is 4.24. The summed E-state index contributed by atoms with van der Waals surface area (Å²) in [5.74, 6) is 0. The van der Waals surface area contributed by atoms with Crippen molar-refractivity contribution < 1.29 is 4.42 Å². The Balaban J connectivity index is 1.38. The highest BCUT2D eigenvalue weighted by Crippen LogP contribution is 2.49. The number of anilines is 3. The number of furan rings is 1. The fourth-order valence-corrected chi connectivity index (χ4v) is 7.85. The molecule has 0 saturated heterocycles. The van der Waals surface area contributed by atoms with Gasteiger partial charge in [0, 0.05) is 47.9 Å². The van der Waals surface area contributed by atoms with Crippen LogP contribution in [0.2, 0.25) is 0 Å². The number of benzene rings is 7. The van der Waals surface area contributed by atoms with Crippen molar-refractivity contribution in [3.05, 3.63) is 164 Å². The molecular formula is C42H27NOS. The van der Waals surface area contributed by atoms with Crippen molar-refractivity contribution in [2.75, 3.05) is 4.90 Å². The van der Waals surface area contributed by atoms with Gasteiger partial charge in [0.1, 0.15) is 11.2 Å². The van der Waals surface area contributed by atoms with E-state index in [-0.39, 0.29) is 0 Å². The average Bonchev–Trinajstić information content (AvgIpc) is 3.67. The average molecular weight is 594 g/mol. The van der Waals surface area contributed by atoms with E-state index >= 15 is 0 Å². The maximum absolute atomic E-state index is 6.39. The second kappa shape index (κ2) is 10.5. The van der Waals surface area contributed by atoms with Gasteiger partial charge in [0.05, 0.1) is 5.69 Å². The summed E-state index contributed by atoms with van der Waals surface area (Å²) in [6.45, 7) is 0. The second-order valence-electron chi connectivity index (χ2n) is 11.3. The summed E-state index contributed by atoms with van der Waals surface area (Å²) in [6, 6.07) is 58.5. The van der Waals surface area contributed by atoms with Crippen molar-refractivity contribution in [2.24, 2.45) is 0 Å². The van der Waals surface area contributed by atoms with E-state index in [1.54, 1.807) is 0 Å². The number of fused-ring (bicyclic) bond motifs is 6. The van der Waals surface area contributed by atoms with Gasteiger partial charge in [0.15, 0.2) is 0 Å². The Kier molecular flexibility index (Phi) is 6.03. The normalized spacial score (nSPS) is 11.6. The quantitative estimate of drug-likeness (QED) is 0.197.